The van der Waals surface area contributed by atoms with Crippen LogP contribution in [0.5, 0.6) is 5.75 Å². The van der Waals surface area contributed by atoms with Gasteiger partial charge in [-0.25, -0.2) is 4.39 Å². The summed E-state index contributed by atoms with van der Waals surface area (Å²) >= 11 is 3.14. The van der Waals surface area contributed by atoms with Gasteiger partial charge in [-0.05, 0) is 67.0 Å². The van der Waals surface area contributed by atoms with Crippen molar-refractivity contribution in [3.63, 3.8) is 0 Å². The quantitative estimate of drug-likeness (QED) is 0.652. The number of hydrogen-bond acceptors (Lipinski definition) is 4. The van der Waals surface area contributed by atoms with Crippen molar-refractivity contribution in [1.82, 2.24) is 4.98 Å². The number of halogens is 2. The molecule has 1 aromatic heterocycles. The Kier molecular flexibility index (Phi) is 4.81. The molecule has 116 valence electrons. The molecule has 0 atom stereocenters. The topological polar surface area (TPSA) is 54.7 Å². The fraction of sp³-hybridized carbons (Fsp3) is 0.250. The molecular formula is C16H16BrFN2O2. The third kappa shape index (κ3) is 4.04. The number of nitrogens with zero attached hydrogens (tertiary/aromatic N) is 2. The number of aromatic hydroxyl groups is 1. The molecule has 22 heavy (non-hydrogen) atoms. The lowest BCUT2D eigenvalue weighted by Gasteiger charge is -2.17. The van der Waals surface area contributed by atoms with Crippen molar-refractivity contribution in [3.05, 3.63) is 58.1 Å². The third-order valence-electron chi connectivity index (χ3n) is 2.61. The van der Waals surface area contributed by atoms with E-state index >= 15 is 0 Å². The lowest BCUT2D eigenvalue weighted by Crippen LogP contribution is -2.18. The molecule has 6 heteroatoms. The highest BCUT2D eigenvalue weighted by Gasteiger charge is 2.18. The summed E-state index contributed by atoms with van der Waals surface area (Å²) in [5.41, 5.74) is 0.665. The van der Waals surface area contributed by atoms with E-state index in [1.807, 2.05) is 20.8 Å². The number of rotatable bonds is 3. The second kappa shape index (κ2) is 6.44. The van der Waals surface area contributed by atoms with Crippen LogP contribution in [0.1, 0.15) is 32.0 Å². The highest BCUT2D eigenvalue weighted by Crippen LogP contribution is 2.23. The van der Waals surface area contributed by atoms with Gasteiger partial charge in [-0.3, -0.25) is 4.98 Å². The maximum absolute atomic E-state index is 13.4. The molecule has 0 saturated carbocycles. The zero-order chi connectivity index (χ0) is 16.3. The number of oxime groups is 1. The predicted molar refractivity (Wildman–Crippen MR) is 86.5 cm³/mol. The average Bonchev–Trinajstić information content (AvgIpc) is 2.43. The average molecular weight is 367 g/mol. The van der Waals surface area contributed by atoms with Gasteiger partial charge in [-0.15, -0.1) is 0 Å². The predicted octanol–water partition coefficient (Wildman–Crippen LogP) is 4.26. The molecule has 4 nitrogen and oxygen atoms in total. The van der Waals surface area contributed by atoms with Gasteiger partial charge in [0.05, 0.1) is 4.47 Å². The highest BCUT2D eigenvalue weighted by molar-refractivity contribution is 9.10. The van der Waals surface area contributed by atoms with E-state index in [0.717, 1.165) is 0 Å². The fourth-order valence-corrected chi connectivity index (χ4v) is 2.02. The second-order valence-electron chi connectivity index (χ2n) is 5.64. The van der Waals surface area contributed by atoms with E-state index in [4.69, 9.17) is 4.84 Å². The molecule has 0 aliphatic heterocycles. The first-order valence-corrected chi connectivity index (χ1v) is 7.43. The standard InChI is InChI=1S/C16H16BrFN2O2/c1-16(2,3)22-20-14(15-13(21)5-4-8-19-15)10-6-7-12(18)11(17)9-10/h4-9,21H,1-3H3/b20-14+. The summed E-state index contributed by atoms with van der Waals surface area (Å²) < 4.78 is 13.7. The monoisotopic (exact) mass is 366 g/mol. The van der Waals surface area contributed by atoms with Crippen LogP contribution in [0, 0.1) is 5.82 Å². The van der Waals surface area contributed by atoms with Crippen molar-refractivity contribution in [2.45, 2.75) is 26.4 Å². The van der Waals surface area contributed by atoms with E-state index in [2.05, 4.69) is 26.1 Å². The van der Waals surface area contributed by atoms with Crippen LogP contribution in [-0.4, -0.2) is 21.4 Å². The SMILES string of the molecule is CC(C)(C)O/N=C(\c1ccc(F)c(Br)c1)c1ncccc1O. The van der Waals surface area contributed by atoms with E-state index in [1.54, 1.807) is 24.4 Å². The number of hydrogen-bond donors (Lipinski definition) is 1. The molecule has 2 aromatic rings. The molecular weight excluding hydrogens is 351 g/mol. The first kappa shape index (κ1) is 16.4. The van der Waals surface area contributed by atoms with E-state index in [0.29, 0.717) is 15.7 Å². The number of benzene rings is 1. The van der Waals surface area contributed by atoms with Crippen LogP contribution in [-0.2, 0) is 4.84 Å². The smallest absolute Gasteiger partial charge is 0.143 e. The Labute approximate surface area is 136 Å². The minimum Gasteiger partial charge on any atom is -0.506 e. The largest absolute Gasteiger partial charge is 0.506 e. The lowest BCUT2D eigenvalue weighted by atomic mass is 10.1. The molecule has 0 saturated heterocycles. The fourth-order valence-electron chi connectivity index (χ4n) is 1.64. The summed E-state index contributed by atoms with van der Waals surface area (Å²) in [6, 6.07) is 7.55. The summed E-state index contributed by atoms with van der Waals surface area (Å²) in [4.78, 5) is 9.59. The zero-order valence-corrected chi connectivity index (χ0v) is 14.1. The highest BCUT2D eigenvalue weighted by atomic mass is 79.9. The van der Waals surface area contributed by atoms with Gasteiger partial charge < -0.3 is 9.94 Å². The molecule has 0 unspecified atom stereocenters. The van der Waals surface area contributed by atoms with E-state index in [-0.39, 0.29) is 17.3 Å². The minimum absolute atomic E-state index is 0.0285. The minimum atomic E-state index is -0.507. The summed E-state index contributed by atoms with van der Waals surface area (Å²) in [6.45, 7) is 5.56. The lowest BCUT2D eigenvalue weighted by molar-refractivity contribution is 0.00111. The van der Waals surface area contributed by atoms with Crippen molar-refractivity contribution in [2.75, 3.05) is 0 Å². The van der Waals surface area contributed by atoms with Crippen LogP contribution in [0.4, 0.5) is 4.39 Å². The molecule has 1 N–H and O–H groups in total. The molecule has 0 bridgehead atoms. The van der Waals surface area contributed by atoms with Crippen molar-refractivity contribution < 1.29 is 14.3 Å². The number of aromatic nitrogens is 1. The Morgan fingerprint density at radius 3 is 2.64 bits per heavy atom. The van der Waals surface area contributed by atoms with E-state index in [9.17, 15) is 9.50 Å². The molecule has 0 fully saturated rings. The molecule has 0 radical (unpaired) electrons. The third-order valence-corrected chi connectivity index (χ3v) is 3.22. The zero-order valence-electron chi connectivity index (χ0n) is 12.5. The molecule has 0 aliphatic carbocycles. The Morgan fingerprint density at radius 2 is 2.05 bits per heavy atom. The normalized spacial score (nSPS) is 12.3. The van der Waals surface area contributed by atoms with E-state index < -0.39 is 5.60 Å². The van der Waals surface area contributed by atoms with Gasteiger partial charge in [-0.2, -0.15) is 0 Å². The molecule has 2 rings (SSSR count). The molecule has 0 amide bonds. The Hall–Kier alpha value is -1.95. The molecule has 0 aliphatic rings. The summed E-state index contributed by atoms with van der Waals surface area (Å²) in [5.74, 6) is -0.413. The van der Waals surface area contributed by atoms with Gasteiger partial charge in [0.2, 0.25) is 0 Å². The Balaban J connectivity index is 2.55. The van der Waals surface area contributed by atoms with Crippen LogP contribution in [0.3, 0.4) is 0 Å². The van der Waals surface area contributed by atoms with Gasteiger partial charge in [-0.1, -0.05) is 5.16 Å². The van der Waals surface area contributed by atoms with Crippen molar-refractivity contribution in [3.8, 4) is 5.75 Å². The maximum Gasteiger partial charge on any atom is 0.143 e. The molecule has 1 aromatic carbocycles. The van der Waals surface area contributed by atoms with Gasteiger partial charge in [0.1, 0.15) is 28.6 Å². The maximum atomic E-state index is 13.4. The molecule has 1 heterocycles. The van der Waals surface area contributed by atoms with Gasteiger partial charge in [0.25, 0.3) is 0 Å². The Morgan fingerprint density at radius 1 is 1.32 bits per heavy atom. The van der Waals surface area contributed by atoms with Crippen molar-refractivity contribution in [2.24, 2.45) is 5.16 Å². The van der Waals surface area contributed by atoms with E-state index in [1.165, 1.54) is 12.1 Å². The van der Waals surface area contributed by atoms with Crippen LogP contribution in [0.15, 0.2) is 46.2 Å². The van der Waals surface area contributed by atoms with Gasteiger partial charge in [0, 0.05) is 11.8 Å². The summed E-state index contributed by atoms with van der Waals surface area (Å²) in [6.07, 6.45) is 1.54. The van der Waals surface area contributed by atoms with Crippen LogP contribution in [0.2, 0.25) is 0 Å². The first-order valence-electron chi connectivity index (χ1n) is 6.64. The van der Waals surface area contributed by atoms with Crippen LogP contribution in [0.25, 0.3) is 0 Å². The van der Waals surface area contributed by atoms with Crippen molar-refractivity contribution in [1.29, 1.82) is 0 Å². The number of pyridine rings is 1. The van der Waals surface area contributed by atoms with Gasteiger partial charge >= 0.3 is 0 Å². The van der Waals surface area contributed by atoms with Crippen LogP contribution >= 0.6 is 15.9 Å². The second-order valence-corrected chi connectivity index (χ2v) is 6.50. The Bertz CT molecular complexity index is 712. The first-order chi connectivity index (χ1) is 10.3. The molecule has 0 spiro atoms. The van der Waals surface area contributed by atoms with Gasteiger partial charge in [0.15, 0.2) is 0 Å². The summed E-state index contributed by atoms with van der Waals surface area (Å²) in [5, 5.41) is 14.1. The van der Waals surface area contributed by atoms with Crippen LogP contribution < -0.4 is 0 Å². The van der Waals surface area contributed by atoms with Crippen molar-refractivity contribution >= 4 is 21.6 Å². The summed E-state index contributed by atoms with van der Waals surface area (Å²) in [7, 11) is 0.